The van der Waals surface area contributed by atoms with E-state index in [0.29, 0.717) is 0 Å². The summed E-state index contributed by atoms with van der Waals surface area (Å²) >= 11 is 0. The van der Waals surface area contributed by atoms with Gasteiger partial charge in [0.1, 0.15) is 0 Å². The van der Waals surface area contributed by atoms with Crippen LogP contribution in [0.15, 0.2) is 0 Å². The first-order valence-electron chi connectivity index (χ1n) is 12.2. The fraction of sp³-hybridized carbons (Fsp3) is 0.958. The predicted molar refractivity (Wildman–Crippen MR) is 118 cm³/mol. The molecule has 1 unspecified atom stereocenters. The van der Waals surface area contributed by atoms with Crippen LogP contribution < -0.4 is 5.32 Å². The second-order valence-corrected chi connectivity index (χ2v) is 8.51. The van der Waals surface area contributed by atoms with Gasteiger partial charge >= 0.3 is 0 Å². The first kappa shape index (κ1) is 24.6. The molecule has 1 N–H and O–H groups in total. The average Bonchev–Trinajstić information content (AvgIpc) is 2.71. The van der Waals surface area contributed by atoms with E-state index in [1.54, 1.807) is 0 Å². The molecule has 1 rings (SSSR count). The minimum Gasteiger partial charge on any atom is -0.314 e. The second kappa shape index (κ2) is 18.9. The van der Waals surface area contributed by atoms with Crippen LogP contribution in [0.1, 0.15) is 116 Å². The Hall–Kier alpha value is -0.410. The van der Waals surface area contributed by atoms with Crippen molar-refractivity contribution in [2.45, 2.75) is 122 Å². The molecule has 1 heterocycles. The monoisotopic (exact) mass is 379 g/mol. The minimum atomic E-state index is 0.0405. The van der Waals surface area contributed by atoms with Crippen LogP contribution in [0.2, 0.25) is 0 Å². The highest BCUT2D eigenvalue weighted by molar-refractivity contribution is 5.58. The van der Waals surface area contributed by atoms with Gasteiger partial charge in [0.2, 0.25) is 6.29 Å². The normalized spacial score (nSPS) is 16.5. The molecule has 0 amide bonds. The molecule has 27 heavy (non-hydrogen) atoms. The SMILES string of the molecule is CCCCCCCCCCCCCCCCCCC([C]=O)N1CCNCC1. The van der Waals surface area contributed by atoms with Crippen LogP contribution in [-0.4, -0.2) is 43.4 Å². The molecule has 1 atom stereocenters. The van der Waals surface area contributed by atoms with Gasteiger partial charge in [-0.05, 0) is 6.42 Å². The Balaban J connectivity index is 1.78. The van der Waals surface area contributed by atoms with Crippen LogP contribution in [0.5, 0.6) is 0 Å². The number of hydrogen-bond acceptors (Lipinski definition) is 3. The van der Waals surface area contributed by atoms with Gasteiger partial charge in [-0.1, -0.05) is 110 Å². The third-order valence-electron chi connectivity index (χ3n) is 6.06. The zero-order chi connectivity index (χ0) is 19.4. The standard InChI is InChI=1S/C24H47N2O/c1-2-3-4-5-6-7-8-9-10-11-12-13-14-15-16-17-18-24(23-27)26-21-19-25-20-22-26/h24-25H,2-22H2,1H3. The summed E-state index contributed by atoms with van der Waals surface area (Å²) in [7, 11) is 0. The van der Waals surface area contributed by atoms with E-state index in [-0.39, 0.29) is 6.04 Å². The van der Waals surface area contributed by atoms with E-state index >= 15 is 0 Å². The highest BCUT2D eigenvalue weighted by Gasteiger charge is 2.19. The molecule has 1 fully saturated rings. The number of unbranched alkanes of at least 4 members (excludes halogenated alkanes) is 15. The lowest BCUT2D eigenvalue weighted by atomic mass is 10.0. The number of nitrogens with zero attached hydrogens (tertiary/aromatic N) is 1. The molecule has 1 aliphatic rings. The minimum absolute atomic E-state index is 0.0405. The maximum atomic E-state index is 11.2. The Morgan fingerprint density at radius 3 is 1.52 bits per heavy atom. The van der Waals surface area contributed by atoms with Crippen LogP contribution in [0, 0.1) is 0 Å². The van der Waals surface area contributed by atoms with Crippen LogP contribution in [0.25, 0.3) is 0 Å². The molecule has 0 saturated carbocycles. The Kier molecular flexibility index (Phi) is 17.3. The molecule has 1 aliphatic heterocycles. The number of rotatable bonds is 19. The topological polar surface area (TPSA) is 32.3 Å². The lowest BCUT2D eigenvalue weighted by Gasteiger charge is -2.31. The molecule has 0 spiro atoms. The third kappa shape index (κ3) is 14.3. The van der Waals surface area contributed by atoms with Gasteiger partial charge in [0.15, 0.2) is 0 Å². The summed E-state index contributed by atoms with van der Waals surface area (Å²) in [5, 5.41) is 3.35. The molecule has 0 bridgehead atoms. The molecule has 1 saturated heterocycles. The van der Waals surface area contributed by atoms with Crippen molar-refractivity contribution in [2.75, 3.05) is 26.2 Å². The Morgan fingerprint density at radius 1 is 0.704 bits per heavy atom. The summed E-state index contributed by atoms with van der Waals surface area (Å²) in [5.74, 6) is 0. The van der Waals surface area contributed by atoms with Crippen molar-refractivity contribution >= 4 is 6.29 Å². The zero-order valence-electron chi connectivity index (χ0n) is 18.3. The molecule has 0 aromatic rings. The summed E-state index contributed by atoms with van der Waals surface area (Å²) in [6, 6.07) is 0.0405. The lowest BCUT2D eigenvalue weighted by Crippen LogP contribution is -2.49. The quantitative estimate of drug-likeness (QED) is 0.278. The van der Waals surface area contributed by atoms with E-state index < -0.39 is 0 Å². The predicted octanol–water partition coefficient (Wildman–Crippen LogP) is 6.02. The Bertz CT molecular complexity index is 316. The summed E-state index contributed by atoms with van der Waals surface area (Å²) in [4.78, 5) is 13.5. The van der Waals surface area contributed by atoms with Crippen LogP contribution in [-0.2, 0) is 4.79 Å². The van der Waals surface area contributed by atoms with Gasteiger partial charge in [-0.2, -0.15) is 0 Å². The van der Waals surface area contributed by atoms with Crippen molar-refractivity contribution in [1.82, 2.24) is 10.2 Å². The van der Waals surface area contributed by atoms with Gasteiger partial charge in [-0.15, -0.1) is 0 Å². The van der Waals surface area contributed by atoms with Crippen molar-refractivity contribution in [3.8, 4) is 0 Å². The summed E-state index contributed by atoms with van der Waals surface area (Å²) in [6.45, 7) is 6.31. The number of hydrogen-bond donors (Lipinski definition) is 1. The van der Waals surface area contributed by atoms with E-state index in [4.69, 9.17) is 0 Å². The number of carbonyl (C=O) groups excluding carboxylic acids is 1. The molecule has 1 radical (unpaired) electrons. The maximum absolute atomic E-state index is 11.2. The average molecular weight is 380 g/mol. The van der Waals surface area contributed by atoms with Crippen molar-refractivity contribution < 1.29 is 4.79 Å². The van der Waals surface area contributed by atoms with E-state index in [1.165, 1.54) is 103 Å². The summed E-state index contributed by atoms with van der Waals surface area (Å²) < 4.78 is 0. The lowest BCUT2D eigenvalue weighted by molar-refractivity contribution is 0.199. The molecule has 3 heteroatoms. The molecule has 3 nitrogen and oxygen atoms in total. The highest BCUT2D eigenvalue weighted by atomic mass is 16.1. The fourth-order valence-corrected chi connectivity index (χ4v) is 4.20. The molecule has 0 aliphatic carbocycles. The maximum Gasteiger partial charge on any atom is 0.217 e. The first-order chi connectivity index (χ1) is 13.4. The number of nitrogens with one attached hydrogen (secondary N) is 1. The van der Waals surface area contributed by atoms with Crippen molar-refractivity contribution in [1.29, 1.82) is 0 Å². The van der Waals surface area contributed by atoms with Crippen molar-refractivity contribution in [3.05, 3.63) is 0 Å². The van der Waals surface area contributed by atoms with E-state index in [2.05, 4.69) is 23.4 Å². The Labute approximate surface area is 170 Å². The zero-order valence-corrected chi connectivity index (χ0v) is 18.3. The van der Waals surface area contributed by atoms with Crippen LogP contribution in [0.4, 0.5) is 0 Å². The Morgan fingerprint density at radius 2 is 1.11 bits per heavy atom. The molecule has 0 aromatic heterocycles. The molecule has 159 valence electrons. The molecular formula is C24H47N2O. The van der Waals surface area contributed by atoms with Crippen LogP contribution >= 0.6 is 0 Å². The highest BCUT2D eigenvalue weighted by Crippen LogP contribution is 2.15. The molecular weight excluding hydrogens is 332 g/mol. The van der Waals surface area contributed by atoms with Crippen molar-refractivity contribution in [3.63, 3.8) is 0 Å². The van der Waals surface area contributed by atoms with Gasteiger partial charge < -0.3 is 5.32 Å². The third-order valence-corrected chi connectivity index (χ3v) is 6.06. The van der Waals surface area contributed by atoms with Crippen LogP contribution in [0.3, 0.4) is 0 Å². The summed E-state index contributed by atoms with van der Waals surface area (Å²) in [5.41, 5.74) is 0. The fourth-order valence-electron chi connectivity index (χ4n) is 4.20. The number of piperazine rings is 1. The van der Waals surface area contributed by atoms with Gasteiger partial charge in [0.05, 0.1) is 6.04 Å². The van der Waals surface area contributed by atoms with E-state index in [9.17, 15) is 4.79 Å². The molecule has 0 aromatic carbocycles. The first-order valence-corrected chi connectivity index (χ1v) is 12.2. The van der Waals surface area contributed by atoms with Gasteiger partial charge in [-0.3, -0.25) is 9.69 Å². The second-order valence-electron chi connectivity index (χ2n) is 8.51. The van der Waals surface area contributed by atoms with E-state index in [1.807, 2.05) is 0 Å². The van der Waals surface area contributed by atoms with Crippen molar-refractivity contribution in [2.24, 2.45) is 0 Å². The summed E-state index contributed by atoms with van der Waals surface area (Å²) in [6.07, 6.45) is 25.6. The van der Waals surface area contributed by atoms with Gasteiger partial charge in [-0.25, -0.2) is 0 Å². The van der Waals surface area contributed by atoms with Gasteiger partial charge in [0.25, 0.3) is 0 Å². The van der Waals surface area contributed by atoms with Gasteiger partial charge in [0, 0.05) is 26.2 Å². The largest absolute Gasteiger partial charge is 0.314 e. The van der Waals surface area contributed by atoms with E-state index in [0.717, 1.165) is 32.6 Å². The smallest absolute Gasteiger partial charge is 0.217 e.